The fraction of sp³-hybridized carbons (Fsp3) is 0.261. The Morgan fingerprint density at radius 2 is 2.00 bits per heavy atom. The first-order valence-corrected chi connectivity index (χ1v) is 10.2. The van der Waals surface area contributed by atoms with E-state index in [-0.39, 0.29) is 29.5 Å². The minimum absolute atomic E-state index is 0.0785. The van der Waals surface area contributed by atoms with Crippen LogP contribution in [0.15, 0.2) is 60.9 Å². The summed E-state index contributed by atoms with van der Waals surface area (Å²) in [5, 5.41) is 9.53. The zero-order chi connectivity index (χ0) is 25.0. The number of benzene rings is 1. The molecule has 2 amide bonds. The fourth-order valence-electron chi connectivity index (χ4n) is 3.37. The molecule has 0 bridgehead atoms. The molecule has 2 atom stereocenters. The number of hydrogen-bond donors (Lipinski definition) is 2. The summed E-state index contributed by atoms with van der Waals surface area (Å²) in [4.78, 5) is 24.4. The van der Waals surface area contributed by atoms with E-state index in [9.17, 15) is 27.2 Å². The lowest BCUT2D eigenvalue weighted by atomic mass is 9.97. The van der Waals surface area contributed by atoms with E-state index in [4.69, 9.17) is 0 Å². The fourth-order valence-corrected chi connectivity index (χ4v) is 3.37. The molecule has 7 nitrogen and oxygen atoms in total. The van der Waals surface area contributed by atoms with Gasteiger partial charge in [-0.15, -0.1) is 18.3 Å². The van der Waals surface area contributed by atoms with E-state index in [0.717, 1.165) is 12.2 Å². The molecule has 1 aliphatic heterocycles. The number of carbonyl (C=O) groups is 2. The van der Waals surface area contributed by atoms with E-state index in [1.54, 1.807) is 6.92 Å². The van der Waals surface area contributed by atoms with Gasteiger partial charge < -0.3 is 15.4 Å². The van der Waals surface area contributed by atoms with Crippen molar-refractivity contribution in [3.8, 4) is 5.69 Å². The maximum absolute atomic E-state index is 13.4. The van der Waals surface area contributed by atoms with Gasteiger partial charge in [-0.2, -0.15) is 0 Å². The second-order valence-electron chi connectivity index (χ2n) is 7.55. The van der Waals surface area contributed by atoms with E-state index in [1.165, 1.54) is 48.0 Å². The van der Waals surface area contributed by atoms with Crippen molar-refractivity contribution in [3.05, 3.63) is 72.4 Å². The molecule has 2 aromatic rings. The molecule has 0 radical (unpaired) electrons. The smallest absolute Gasteiger partial charge is 0.406 e. The summed E-state index contributed by atoms with van der Waals surface area (Å²) >= 11 is 0. The van der Waals surface area contributed by atoms with Gasteiger partial charge in [-0.25, -0.2) is 9.07 Å². The van der Waals surface area contributed by atoms with Crippen LogP contribution in [0.4, 0.5) is 23.4 Å². The van der Waals surface area contributed by atoms with Crippen LogP contribution in [0.25, 0.3) is 11.3 Å². The minimum Gasteiger partial charge on any atom is -0.406 e. The quantitative estimate of drug-likeness (QED) is 0.352. The topological polar surface area (TPSA) is 85.2 Å². The largest absolute Gasteiger partial charge is 0.573 e. The number of aromatic nitrogens is 2. The highest BCUT2D eigenvalue weighted by molar-refractivity contribution is 5.97. The van der Waals surface area contributed by atoms with Crippen molar-refractivity contribution in [1.29, 1.82) is 0 Å². The molecule has 1 aromatic heterocycles. The first kappa shape index (κ1) is 24.7. The SMILES string of the molecule is C=C(/C=C(\C=C/C)OC(F)(F)F)c1cc(NC(=O)[C@H]2CNC(=O)C2C)nn1-c1ccc(F)cc1. The molecule has 3 rings (SSSR count). The number of rotatable bonds is 7. The Kier molecular flexibility index (Phi) is 7.23. The standard InChI is InChI=1S/C23H22F4N4O3/c1-4-5-17(34-23(25,26)27)10-13(2)19-11-20(29-22(33)18-12-28-21(32)14(18)3)30-31(19)16-8-6-15(24)7-9-16/h4-11,14,18H,2,12H2,1,3H3,(H,28,32)(H,29,30,33)/b5-4-,17-10+/t14?,18-/m0/s1. The maximum Gasteiger partial charge on any atom is 0.573 e. The van der Waals surface area contributed by atoms with Gasteiger partial charge in [0.25, 0.3) is 0 Å². The second kappa shape index (κ2) is 9.94. The van der Waals surface area contributed by atoms with Gasteiger partial charge in [0.15, 0.2) is 5.82 Å². The number of anilines is 1. The molecule has 1 aromatic carbocycles. The van der Waals surface area contributed by atoms with Crippen molar-refractivity contribution in [2.75, 3.05) is 11.9 Å². The van der Waals surface area contributed by atoms with Gasteiger partial charge >= 0.3 is 6.36 Å². The summed E-state index contributed by atoms with van der Waals surface area (Å²) in [5.41, 5.74) is 0.686. The summed E-state index contributed by atoms with van der Waals surface area (Å²) in [7, 11) is 0. The number of carbonyl (C=O) groups excluding carboxylic acids is 2. The van der Waals surface area contributed by atoms with Crippen molar-refractivity contribution in [1.82, 2.24) is 15.1 Å². The molecule has 11 heteroatoms. The summed E-state index contributed by atoms with van der Waals surface area (Å²) < 4.78 is 57.0. The molecule has 1 aliphatic rings. The van der Waals surface area contributed by atoms with Crippen molar-refractivity contribution in [2.24, 2.45) is 11.8 Å². The van der Waals surface area contributed by atoms with Crippen LogP contribution in [0, 0.1) is 17.7 Å². The Morgan fingerprint density at radius 3 is 2.56 bits per heavy atom. The predicted octanol–water partition coefficient (Wildman–Crippen LogP) is 4.34. The van der Waals surface area contributed by atoms with Gasteiger partial charge in [-0.1, -0.05) is 19.6 Å². The second-order valence-corrected chi connectivity index (χ2v) is 7.55. The molecule has 0 aliphatic carbocycles. The monoisotopic (exact) mass is 478 g/mol. The van der Waals surface area contributed by atoms with Crippen LogP contribution in [0.2, 0.25) is 0 Å². The molecule has 1 unspecified atom stereocenters. The van der Waals surface area contributed by atoms with Crippen molar-refractivity contribution in [3.63, 3.8) is 0 Å². The molecule has 1 saturated heterocycles. The molecule has 0 saturated carbocycles. The Hall–Kier alpha value is -3.89. The molecule has 34 heavy (non-hydrogen) atoms. The van der Waals surface area contributed by atoms with Crippen LogP contribution in [-0.4, -0.2) is 34.5 Å². The van der Waals surface area contributed by atoms with E-state index in [1.807, 2.05) is 0 Å². The van der Waals surface area contributed by atoms with Gasteiger partial charge in [0, 0.05) is 18.5 Å². The first-order valence-electron chi connectivity index (χ1n) is 10.2. The van der Waals surface area contributed by atoms with Gasteiger partial charge in [-0.05, 0) is 48.9 Å². The molecule has 2 N–H and O–H groups in total. The Bertz CT molecular complexity index is 1150. The summed E-state index contributed by atoms with van der Waals surface area (Å²) in [6, 6.07) is 6.61. The van der Waals surface area contributed by atoms with Gasteiger partial charge in [0.1, 0.15) is 11.6 Å². The highest BCUT2D eigenvalue weighted by Crippen LogP contribution is 2.28. The van der Waals surface area contributed by atoms with Crippen LogP contribution in [0.5, 0.6) is 0 Å². The number of halogens is 4. The highest BCUT2D eigenvalue weighted by Gasteiger charge is 2.36. The van der Waals surface area contributed by atoms with Crippen LogP contribution < -0.4 is 10.6 Å². The number of ether oxygens (including phenoxy) is 1. The number of nitrogens with zero attached hydrogens (tertiary/aromatic N) is 2. The third-order valence-corrected chi connectivity index (χ3v) is 5.09. The van der Waals surface area contributed by atoms with E-state index in [2.05, 4.69) is 27.0 Å². The number of nitrogens with one attached hydrogen (secondary N) is 2. The number of allylic oxidation sites excluding steroid dienone is 4. The predicted molar refractivity (Wildman–Crippen MR) is 117 cm³/mol. The molecular weight excluding hydrogens is 456 g/mol. The van der Waals surface area contributed by atoms with Crippen LogP contribution in [-0.2, 0) is 14.3 Å². The lowest BCUT2D eigenvalue weighted by Crippen LogP contribution is -2.28. The molecule has 0 spiro atoms. The lowest BCUT2D eigenvalue weighted by molar-refractivity contribution is -0.303. The lowest BCUT2D eigenvalue weighted by Gasteiger charge is -2.11. The highest BCUT2D eigenvalue weighted by atomic mass is 19.4. The van der Waals surface area contributed by atoms with Gasteiger partial charge in [0.05, 0.1) is 17.3 Å². The number of amides is 2. The third kappa shape index (κ3) is 5.91. The van der Waals surface area contributed by atoms with Crippen LogP contribution in [0.3, 0.4) is 0 Å². The summed E-state index contributed by atoms with van der Waals surface area (Å²) in [5.74, 6) is -2.76. The number of hydrogen-bond acceptors (Lipinski definition) is 4. The third-order valence-electron chi connectivity index (χ3n) is 5.09. The molecule has 180 valence electrons. The Morgan fingerprint density at radius 1 is 1.32 bits per heavy atom. The average molecular weight is 478 g/mol. The first-order chi connectivity index (χ1) is 16.0. The van der Waals surface area contributed by atoms with Crippen molar-refractivity contribution in [2.45, 2.75) is 20.2 Å². The Labute approximate surface area is 192 Å². The summed E-state index contributed by atoms with van der Waals surface area (Å²) in [6.45, 7) is 7.14. The molecular formula is C23H22F4N4O3. The normalized spacial score (nSPS) is 18.8. The van der Waals surface area contributed by atoms with E-state index >= 15 is 0 Å². The number of alkyl halides is 3. The van der Waals surface area contributed by atoms with E-state index in [0.29, 0.717) is 5.69 Å². The molecule has 2 heterocycles. The minimum atomic E-state index is -4.91. The molecule has 1 fully saturated rings. The van der Waals surface area contributed by atoms with E-state index < -0.39 is 35.7 Å². The van der Waals surface area contributed by atoms with Crippen molar-refractivity contribution < 1.29 is 31.9 Å². The zero-order valence-corrected chi connectivity index (χ0v) is 18.3. The maximum atomic E-state index is 13.4. The average Bonchev–Trinajstić information content (AvgIpc) is 3.31. The van der Waals surface area contributed by atoms with Gasteiger partial charge in [-0.3, -0.25) is 9.59 Å². The van der Waals surface area contributed by atoms with Gasteiger partial charge in [0.2, 0.25) is 11.8 Å². The summed E-state index contributed by atoms with van der Waals surface area (Å²) in [6.07, 6.45) is -1.36. The Balaban J connectivity index is 1.97. The van der Waals surface area contributed by atoms with Crippen LogP contribution in [0.1, 0.15) is 19.5 Å². The van der Waals surface area contributed by atoms with Crippen LogP contribution >= 0.6 is 0 Å². The van der Waals surface area contributed by atoms with Crippen molar-refractivity contribution >= 4 is 23.2 Å². The zero-order valence-electron chi connectivity index (χ0n) is 18.3.